The molecule has 0 atom stereocenters. The Balaban J connectivity index is 1.29. The lowest BCUT2D eigenvalue weighted by molar-refractivity contribution is 0.0699. The zero-order valence-electron chi connectivity index (χ0n) is 20.9. The molecule has 192 valence electrons. The van der Waals surface area contributed by atoms with Crippen molar-refractivity contribution in [3.63, 3.8) is 0 Å². The number of aryl methyl sites for hydroxylation is 2. The largest absolute Gasteiger partial charge is 0.487 e. The van der Waals surface area contributed by atoms with Crippen LogP contribution in [0.25, 0.3) is 27.7 Å². The normalized spacial score (nSPS) is 13.3. The zero-order valence-corrected chi connectivity index (χ0v) is 22.4. The molecule has 1 fully saturated rings. The van der Waals surface area contributed by atoms with Crippen molar-refractivity contribution in [2.24, 2.45) is 7.05 Å². The van der Waals surface area contributed by atoms with Gasteiger partial charge in [0.15, 0.2) is 0 Å². The number of benzene rings is 3. The van der Waals surface area contributed by atoms with E-state index in [2.05, 4.69) is 5.10 Å². The van der Waals surface area contributed by atoms with Gasteiger partial charge in [0.05, 0.1) is 27.5 Å². The van der Waals surface area contributed by atoms with Crippen LogP contribution in [-0.2, 0) is 13.7 Å². The highest BCUT2D eigenvalue weighted by Gasteiger charge is 2.30. The number of aromatic carboxylic acids is 1. The van der Waals surface area contributed by atoms with Crippen molar-refractivity contribution in [2.75, 3.05) is 0 Å². The number of carboxylic acid groups (broad SMARTS) is 1. The SMILES string of the molecule is Cc1cc(OCc2c(C3CC3)cnn2-c2c(Cl)cccc2Cl)ccc1-c1ccc2c(C(=O)O)cn(C)c2c1. The van der Waals surface area contributed by atoms with Gasteiger partial charge in [0.1, 0.15) is 18.0 Å². The highest BCUT2D eigenvalue weighted by atomic mass is 35.5. The lowest BCUT2D eigenvalue weighted by Crippen LogP contribution is -2.08. The van der Waals surface area contributed by atoms with Gasteiger partial charge < -0.3 is 14.4 Å². The molecule has 6 nitrogen and oxygen atoms in total. The molecule has 0 aliphatic heterocycles. The summed E-state index contributed by atoms with van der Waals surface area (Å²) < 4.78 is 9.94. The molecule has 5 aromatic rings. The van der Waals surface area contributed by atoms with Crippen molar-refractivity contribution >= 4 is 40.1 Å². The molecule has 0 radical (unpaired) electrons. The van der Waals surface area contributed by atoms with Crippen LogP contribution in [0.15, 0.2) is 67.0 Å². The molecule has 1 N–H and O–H groups in total. The van der Waals surface area contributed by atoms with Gasteiger partial charge in [-0.15, -0.1) is 0 Å². The number of aromatic nitrogens is 3. The Morgan fingerprint density at radius 1 is 1.11 bits per heavy atom. The predicted octanol–water partition coefficient (Wildman–Crippen LogP) is 7.80. The first-order valence-corrected chi connectivity index (χ1v) is 13.1. The molecule has 0 spiro atoms. The minimum atomic E-state index is -0.927. The highest BCUT2D eigenvalue weighted by Crippen LogP contribution is 2.43. The van der Waals surface area contributed by atoms with Gasteiger partial charge >= 0.3 is 5.97 Å². The first-order chi connectivity index (χ1) is 18.3. The highest BCUT2D eigenvalue weighted by molar-refractivity contribution is 6.37. The molecule has 8 heteroatoms. The Hall–Kier alpha value is -3.74. The van der Waals surface area contributed by atoms with Crippen LogP contribution in [0, 0.1) is 6.92 Å². The third-order valence-corrected chi connectivity index (χ3v) is 7.78. The molecule has 0 unspecified atom stereocenters. The quantitative estimate of drug-likeness (QED) is 0.226. The van der Waals surface area contributed by atoms with Crippen LogP contribution >= 0.6 is 23.2 Å². The summed E-state index contributed by atoms with van der Waals surface area (Å²) in [4.78, 5) is 11.6. The van der Waals surface area contributed by atoms with E-state index < -0.39 is 5.97 Å². The molecule has 0 saturated heterocycles. The van der Waals surface area contributed by atoms with Crippen molar-refractivity contribution in [1.29, 1.82) is 0 Å². The number of carbonyl (C=O) groups is 1. The maximum Gasteiger partial charge on any atom is 0.337 e. The first-order valence-electron chi connectivity index (χ1n) is 12.4. The summed E-state index contributed by atoms with van der Waals surface area (Å²) in [7, 11) is 1.86. The minimum Gasteiger partial charge on any atom is -0.487 e. The van der Waals surface area contributed by atoms with Gasteiger partial charge in [0.2, 0.25) is 0 Å². The molecule has 0 bridgehead atoms. The molecule has 1 saturated carbocycles. The Morgan fingerprint density at radius 2 is 1.87 bits per heavy atom. The fourth-order valence-corrected chi connectivity index (χ4v) is 5.63. The molecule has 2 aromatic heterocycles. The molecule has 0 amide bonds. The van der Waals surface area contributed by atoms with Crippen LogP contribution < -0.4 is 4.74 Å². The van der Waals surface area contributed by atoms with Gasteiger partial charge in [0.25, 0.3) is 0 Å². The molecule has 6 rings (SSSR count). The fourth-order valence-electron chi connectivity index (χ4n) is 5.07. The molecular weight excluding hydrogens is 521 g/mol. The second-order valence-corrected chi connectivity index (χ2v) is 10.6. The molecule has 1 aliphatic rings. The van der Waals surface area contributed by atoms with Crippen molar-refractivity contribution in [3.8, 4) is 22.6 Å². The van der Waals surface area contributed by atoms with E-state index in [1.807, 2.05) is 79.3 Å². The fraction of sp³-hybridized carbons (Fsp3) is 0.200. The van der Waals surface area contributed by atoms with Crippen molar-refractivity contribution in [2.45, 2.75) is 32.3 Å². The Bertz CT molecular complexity index is 1700. The van der Waals surface area contributed by atoms with E-state index in [1.165, 1.54) is 5.56 Å². The topological polar surface area (TPSA) is 69.3 Å². The van der Waals surface area contributed by atoms with E-state index >= 15 is 0 Å². The van der Waals surface area contributed by atoms with Crippen molar-refractivity contribution in [1.82, 2.24) is 14.3 Å². The second-order valence-electron chi connectivity index (χ2n) is 9.76. The third kappa shape index (κ3) is 4.34. The van der Waals surface area contributed by atoms with E-state index in [0.717, 1.165) is 51.9 Å². The second kappa shape index (κ2) is 9.53. The average Bonchev–Trinajstić information content (AvgIpc) is 3.57. The smallest absolute Gasteiger partial charge is 0.337 e. The van der Waals surface area contributed by atoms with Crippen LogP contribution in [-0.4, -0.2) is 25.4 Å². The number of nitrogens with zero attached hydrogens (tertiary/aromatic N) is 3. The summed E-state index contributed by atoms with van der Waals surface area (Å²) in [6.07, 6.45) is 5.83. The Labute approximate surface area is 230 Å². The summed E-state index contributed by atoms with van der Waals surface area (Å²) in [5.74, 6) is 0.310. The number of hydrogen-bond donors (Lipinski definition) is 1. The van der Waals surface area contributed by atoms with Crippen LogP contribution in [0.1, 0.15) is 45.9 Å². The number of hydrogen-bond acceptors (Lipinski definition) is 3. The lowest BCUT2D eigenvalue weighted by Gasteiger charge is -2.15. The van der Waals surface area contributed by atoms with E-state index in [1.54, 1.807) is 10.9 Å². The van der Waals surface area contributed by atoms with Gasteiger partial charge in [-0.2, -0.15) is 5.10 Å². The van der Waals surface area contributed by atoms with Crippen molar-refractivity contribution < 1.29 is 14.6 Å². The standard InChI is InChI=1S/C30H25Cl2N3O3/c1-17-12-20(9-11-21(17)19-8-10-22-24(30(36)37)15-34(2)27(22)13-19)38-16-28-23(18-6-7-18)14-33-35(28)29-25(31)4-3-5-26(29)32/h3-5,8-15,18H,6-7,16H2,1-2H3,(H,36,37). The monoisotopic (exact) mass is 545 g/mol. The van der Waals surface area contributed by atoms with Crippen LogP contribution in [0.5, 0.6) is 5.75 Å². The van der Waals surface area contributed by atoms with Crippen molar-refractivity contribution in [3.05, 3.63) is 99.4 Å². The Morgan fingerprint density at radius 3 is 2.55 bits per heavy atom. The maximum atomic E-state index is 11.6. The number of fused-ring (bicyclic) bond motifs is 1. The van der Waals surface area contributed by atoms with Crippen LogP contribution in [0.3, 0.4) is 0 Å². The molecule has 1 aliphatic carbocycles. The van der Waals surface area contributed by atoms with Gasteiger partial charge in [-0.3, -0.25) is 0 Å². The molecular formula is C30H25Cl2N3O3. The van der Waals surface area contributed by atoms with E-state index in [0.29, 0.717) is 33.8 Å². The molecule has 3 aromatic carbocycles. The summed E-state index contributed by atoms with van der Waals surface area (Å²) in [6, 6.07) is 17.3. The molecule has 38 heavy (non-hydrogen) atoms. The number of halogens is 2. The van der Waals surface area contributed by atoms with E-state index in [-0.39, 0.29) is 0 Å². The van der Waals surface area contributed by atoms with Gasteiger partial charge in [-0.25, -0.2) is 9.48 Å². The molecule has 2 heterocycles. The zero-order chi connectivity index (χ0) is 26.6. The van der Waals surface area contributed by atoms with Gasteiger partial charge in [-0.05, 0) is 72.7 Å². The van der Waals surface area contributed by atoms with E-state index in [9.17, 15) is 9.90 Å². The number of rotatable bonds is 7. The van der Waals surface area contributed by atoms with Gasteiger partial charge in [-0.1, -0.05) is 47.5 Å². The predicted molar refractivity (Wildman–Crippen MR) is 150 cm³/mol. The summed E-state index contributed by atoms with van der Waals surface area (Å²) >= 11 is 13.0. The summed E-state index contributed by atoms with van der Waals surface area (Å²) in [5, 5.41) is 15.9. The Kier molecular flexibility index (Phi) is 6.17. The first kappa shape index (κ1) is 24.6. The number of ether oxygens (including phenoxy) is 1. The van der Waals surface area contributed by atoms with E-state index in [4.69, 9.17) is 27.9 Å². The average molecular weight is 546 g/mol. The summed E-state index contributed by atoms with van der Waals surface area (Å²) in [6.45, 7) is 2.38. The third-order valence-electron chi connectivity index (χ3n) is 7.17. The number of para-hydroxylation sites is 1. The lowest BCUT2D eigenvalue weighted by atomic mass is 9.99. The van der Waals surface area contributed by atoms with Crippen LogP contribution in [0.2, 0.25) is 10.0 Å². The minimum absolute atomic E-state index is 0.303. The summed E-state index contributed by atoms with van der Waals surface area (Å²) in [5.41, 5.74) is 7.09. The maximum absolute atomic E-state index is 11.6. The van der Waals surface area contributed by atoms with Crippen LogP contribution in [0.4, 0.5) is 0 Å². The van der Waals surface area contributed by atoms with Gasteiger partial charge in [0, 0.05) is 29.7 Å². The number of carboxylic acids is 1.